The van der Waals surface area contributed by atoms with E-state index in [9.17, 15) is 9.59 Å². The highest BCUT2D eigenvalue weighted by molar-refractivity contribution is 5.69. The lowest BCUT2D eigenvalue weighted by Gasteiger charge is -2.03. The van der Waals surface area contributed by atoms with Gasteiger partial charge in [0.25, 0.3) is 0 Å². The van der Waals surface area contributed by atoms with Crippen molar-refractivity contribution in [2.24, 2.45) is 5.92 Å². The number of carbonyl (C=O) groups excluding carboxylic acids is 2. The summed E-state index contributed by atoms with van der Waals surface area (Å²) in [5.74, 6) is 0.471. The molecule has 4 nitrogen and oxygen atoms in total. The molecule has 64 valence electrons. The Balaban J connectivity index is 3.24. The van der Waals surface area contributed by atoms with E-state index in [1.54, 1.807) is 0 Å². The van der Waals surface area contributed by atoms with E-state index in [2.05, 4.69) is 9.47 Å². The van der Waals surface area contributed by atoms with Crippen LogP contribution in [0.1, 0.15) is 20.3 Å². The van der Waals surface area contributed by atoms with Crippen LogP contribution in [0.25, 0.3) is 0 Å². The maximum absolute atomic E-state index is 10.3. The standard InChI is InChI=1S/C7H12O4/c1-6(2)3-4-10-7(9)11-5-8/h5-6H,3-4H2,1-2H3. The van der Waals surface area contributed by atoms with Gasteiger partial charge in [0.05, 0.1) is 6.61 Å². The molecule has 0 rings (SSSR count). The summed E-state index contributed by atoms with van der Waals surface area (Å²) in [5.41, 5.74) is 0. The quantitative estimate of drug-likeness (QED) is 0.354. The van der Waals surface area contributed by atoms with Crippen LogP contribution >= 0.6 is 0 Å². The summed E-state index contributed by atoms with van der Waals surface area (Å²) in [6, 6.07) is 0. The highest BCUT2D eigenvalue weighted by Gasteiger charge is 2.02. The maximum Gasteiger partial charge on any atom is 0.515 e. The van der Waals surface area contributed by atoms with Gasteiger partial charge in [-0.1, -0.05) is 13.8 Å². The molecule has 0 heterocycles. The van der Waals surface area contributed by atoms with Gasteiger partial charge in [-0.25, -0.2) is 4.79 Å². The van der Waals surface area contributed by atoms with Crippen LogP contribution in [0.4, 0.5) is 4.79 Å². The van der Waals surface area contributed by atoms with Crippen molar-refractivity contribution in [3.05, 3.63) is 0 Å². The van der Waals surface area contributed by atoms with Gasteiger partial charge in [0, 0.05) is 0 Å². The molecule has 0 saturated carbocycles. The van der Waals surface area contributed by atoms with Crippen LogP contribution in [0.15, 0.2) is 0 Å². The zero-order valence-corrected chi connectivity index (χ0v) is 6.70. The van der Waals surface area contributed by atoms with Crippen LogP contribution < -0.4 is 0 Å². The first-order valence-electron chi connectivity index (χ1n) is 3.44. The molecule has 0 N–H and O–H groups in total. The van der Waals surface area contributed by atoms with Gasteiger partial charge in [0.15, 0.2) is 0 Å². The lowest BCUT2D eigenvalue weighted by Crippen LogP contribution is -2.08. The van der Waals surface area contributed by atoms with Crippen molar-refractivity contribution in [2.45, 2.75) is 20.3 Å². The summed E-state index contributed by atoms with van der Waals surface area (Å²) < 4.78 is 8.38. The van der Waals surface area contributed by atoms with Gasteiger partial charge in [-0.3, -0.25) is 4.79 Å². The molecule has 0 aromatic carbocycles. The Hall–Kier alpha value is -1.06. The Kier molecular flexibility index (Phi) is 5.15. The second-order valence-corrected chi connectivity index (χ2v) is 2.50. The predicted molar refractivity (Wildman–Crippen MR) is 38.0 cm³/mol. The first-order chi connectivity index (χ1) is 5.16. The minimum Gasteiger partial charge on any atom is -0.434 e. The summed E-state index contributed by atoms with van der Waals surface area (Å²) in [6.07, 6.45) is -0.158. The van der Waals surface area contributed by atoms with Gasteiger partial charge in [0.2, 0.25) is 0 Å². The molecule has 11 heavy (non-hydrogen) atoms. The Labute approximate surface area is 65.5 Å². The lowest BCUT2D eigenvalue weighted by atomic mass is 10.1. The Morgan fingerprint density at radius 2 is 2.18 bits per heavy atom. The molecule has 0 aliphatic heterocycles. The highest BCUT2D eigenvalue weighted by atomic mass is 16.7. The average molecular weight is 160 g/mol. The third kappa shape index (κ3) is 6.83. The fraction of sp³-hybridized carbons (Fsp3) is 0.714. The van der Waals surface area contributed by atoms with E-state index >= 15 is 0 Å². The normalized spacial score (nSPS) is 9.36. The van der Waals surface area contributed by atoms with Gasteiger partial charge < -0.3 is 9.47 Å². The third-order valence-electron chi connectivity index (χ3n) is 1.06. The lowest BCUT2D eigenvalue weighted by molar-refractivity contribution is -0.125. The second-order valence-electron chi connectivity index (χ2n) is 2.50. The summed E-state index contributed by atoms with van der Waals surface area (Å²) >= 11 is 0. The number of hydrogen-bond donors (Lipinski definition) is 0. The van der Waals surface area contributed by atoms with Crippen molar-refractivity contribution >= 4 is 12.6 Å². The summed E-state index contributed by atoms with van der Waals surface area (Å²) in [5, 5.41) is 0. The molecule has 0 fully saturated rings. The SMILES string of the molecule is CC(C)CCOC(=O)OC=O. The summed E-state index contributed by atoms with van der Waals surface area (Å²) in [4.78, 5) is 19.9. The Morgan fingerprint density at radius 1 is 1.55 bits per heavy atom. The molecule has 0 spiro atoms. The maximum atomic E-state index is 10.3. The molecule has 0 radical (unpaired) electrons. The van der Waals surface area contributed by atoms with Crippen LogP contribution in [-0.2, 0) is 14.3 Å². The van der Waals surface area contributed by atoms with E-state index in [-0.39, 0.29) is 6.47 Å². The molecular weight excluding hydrogens is 148 g/mol. The third-order valence-corrected chi connectivity index (χ3v) is 1.06. The van der Waals surface area contributed by atoms with E-state index in [1.807, 2.05) is 13.8 Å². The first kappa shape index (κ1) is 9.94. The second kappa shape index (κ2) is 5.70. The fourth-order valence-corrected chi connectivity index (χ4v) is 0.451. The highest BCUT2D eigenvalue weighted by Crippen LogP contribution is 1.99. The van der Waals surface area contributed by atoms with E-state index < -0.39 is 6.16 Å². The first-order valence-corrected chi connectivity index (χ1v) is 3.44. The molecule has 0 aromatic rings. The van der Waals surface area contributed by atoms with Crippen molar-refractivity contribution < 1.29 is 19.1 Å². The zero-order chi connectivity index (χ0) is 8.69. The number of rotatable bonds is 4. The van der Waals surface area contributed by atoms with E-state index in [0.717, 1.165) is 6.42 Å². The molecule has 0 unspecified atom stereocenters. The Morgan fingerprint density at radius 3 is 2.64 bits per heavy atom. The predicted octanol–water partition coefficient (Wildman–Crippen LogP) is 1.34. The van der Waals surface area contributed by atoms with Crippen LogP contribution in [0.2, 0.25) is 0 Å². The van der Waals surface area contributed by atoms with Gasteiger partial charge in [0.1, 0.15) is 0 Å². The number of ether oxygens (including phenoxy) is 2. The van der Waals surface area contributed by atoms with Crippen molar-refractivity contribution in [1.29, 1.82) is 0 Å². The zero-order valence-electron chi connectivity index (χ0n) is 6.70. The molecule has 0 bridgehead atoms. The molecule has 0 atom stereocenters. The summed E-state index contributed by atoms with van der Waals surface area (Å²) in [7, 11) is 0. The summed E-state index contributed by atoms with van der Waals surface area (Å²) in [6.45, 7) is 4.37. The molecule has 0 aliphatic rings. The minimum absolute atomic E-state index is 0.0533. The van der Waals surface area contributed by atoms with Crippen molar-refractivity contribution in [3.63, 3.8) is 0 Å². The number of hydrogen-bond acceptors (Lipinski definition) is 4. The van der Waals surface area contributed by atoms with Crippen molar-refractivity contribution in [3.8, 4) is 0 Å². The van der Waals surface area contributed by atoms with Crippen molar-refractivity contribution in [2.75, 3.05) is 6.61 Å². The van der Waals surface area contributed by atoms with Crippen LogP contribution in [0.5, 0.6) is 0 Å². The molecule has 0 amide bonds. The van der Waals surface area contributed by atoms with Gasteiger partial charge in [-0.15, -0.1) is 0 Å². The average Bonchev–Trinajstić information content (AvgIpc) is 1.87. The van der Waals surface area contributed by atoms with E-state index in [4.69, 9.17) is 0 Å². The van der Waals surface area contributed by atoms with Gasteiger partial charge in [-0.05, 0) is 12.3 Å². The van der Waals surface area contributed by atoms with Gasteiger partial charge >= 0.3 is 12.6 Å². The Bertz CT molecular complexity index is 130. The molecule has 4 heteroatoms. The van der Waals surface area contributed by atoms with Crippen LogP contribution in [0.3, 0.4) is 0 Å². The monoisotopic (exact) mass is 160 g/mol. The molecule has 0 aliphatic carbocycles. The smallest absolute Gasteiger partial charge is 0.434 e. The number of carbonyl (C=O) groups is 2. The topological polar surface area (TPSA) is 52.6 Å². The minimum atomic E-state index is -0.930. The van der Waals surface area contributed by atoms with Crippen molar-refractivity contribution in [1.82, 2.24) is 0 Å². The molecule has 0 aromatic heterocycles. The van der Waals surface area contributed by atoms with Crippen LogP contribution in [-0.4, -0.2) is 19.2 Å². The fourth-order valence-electron chi connectivity index (χ4n) is 0.451. The van der Waals surface area contributed by atoms with E-state index in [0.29, 0.717) is 12.5 Å². The van der Waals surface area contributed by atoms with Gasteiger partial charge in [-0.2, -0.15) is 0 Å². The van der Waals surface area contributed by atoms with Crippen LogP contribution in [0, 0.1) is 5.92 Å². The molecule has 0 saturated heterocycles. The van der Waals surface area contributed by atoms with E-state index in [1.165, 1.54) is 0 Å². The largest absolute Gasteiger partial charge is 0.515 e. The molecular formula is C7H12O4.